The molecule has 1 unspecified atom stereocenters. The van der Waals surface area contributed by atoms with Crippen LogP contribution in [0.15, 0.2) is 10.6 Å². The van der Waals surface area contributed by atoms with Gasteiger partial charge in [-0.15, -0.1) is 9.81 Å². The van der Waals surface area contributed by atoms with Crippen molar-refractivity contribution in [2.75, 3.05) is 13.7 Å². The maximum atomic E-state index is 11.8. The van der Waals surface area contributed by atoms with Crippen molar-refractivity contribution in [2.45, 2.75) is 30.6 Å². The summed E-state index contributed by atoms with van der Waals surface area (Å²) in [6, 6.07) is -4.31. The van der Waals surface area contributed by atoms with Crippen LogP contribution >= 0.6 is 0 Å². The second-order valence-corrected chi connectivity index (χ2v) is 4.62. The average Bonchev–Trinajstić information content (AvgIpc) is 2.58. The molecule has 1 fully saturated rings. The number of nitrogens with zero attached hydrogens (tertiary/aromatic N) is 4. The first-order valence-electron chi connectivity index (χ1n) is 6.38. The molecule has 0 aromatic carbocycles. The van der Waals surface area contributed by atoms with Gasteiger partial charge in [-0.2, -0.15) is 5.01 Å². The first kappa shape index (κ1) is 19.6. The number of amides is 4. The Morgan fingerprint density at radius 2 is 1.75 bits per heavy atom. The Morgan fingerprint density at radius 1 is 1.12 bits per heavy atom. The fourth-order valence-electron chi connectivity index (χ4n) is 1.76. The fraction of sp³-hybridized carbons (Fsp3) is 0.778. The Bertz CT molecular complexity index is 492. The van der Waals surface area contributed by atoms with Crippen LogP contribution < -0.4 is 10.7 Å². The van der Waals surface area contributed by atoms with E-state index in [4.69, 9.17) is 9.84 Å². The predicted molar refractivity (Wildman–Crippen MR) is 72.0 cm³/mol. The minimum absolute atomic E-state index is 0.173. The molecule has 1 rings (SSSR count). The number of ether oxygens (including phenoxy) is 1. The zero-order chi connectivity index (χ0) is 18.4. The van der Waals surface area contributed by atoms with Gasteiger partial charge in [-0.1, -0.05) is 5.12 Å². The highest BCUT2D eigenvalue weighted by Gasteiger charge is 2.45. The van der Waals surface area contributed by atoms with E-state index in [1.165, 1.54) is 0 Å². The minimum atomic E-state index is -1.84. The Labute approximate surface area is 133 Å². The molecule has 4 amide bonds. The average molecular weight is 352 g/mol. The number of carbonyl (C=O) groups is 2. The van der Waals surface area contributed by atoms with Crippen LogP contribution in [0.25, 0.3) is 0 Å². The number of hydrogen-bond acceptors (Lipinski definition) is 11. The van der Waals surface area contributed by atoms with E-state index in [-0.39, 0.29) is 10.1 Å². The minimum Gasteiger partial charge on any atom is -0.394 e. The zero-order valence-corrected chi connectivity index (χ0v) is 12.2. The normalized spacial score (nSPS) is 29.3. The van der Waals surface area contributed by atoms with Crippen molar-refractivity contribution < 1.29 is 34.8 Å². The lowest BCUT2D eigenvalue weighted by atomic mass is 9.97. The van der Waals surface area contributed by atoms with Gasteiger partial charge in [0.1, 0.15) is 24.4 Å². The van der Waals surface area contributed by atoms with Crippen LogP contribution in [0, 0.1) is 9.81 Å². The van der Waals surface area contributed by atoms with Crippen LogP contribution in [0.5, 0.6) is 0 Å². The van der Waals surface area contributed by atoms with E-state index in [1.54, 1.807) is 5.43 Å². The number of urea groups is 2. The van der Waals surface area contributed by atoms with Gasteiger partial charge in [0.2, 0.25) is 0 Å². The standard InChI is InChI=1S/C9H16N6O9/c1-14(12-22)9(21)11-15(13-23)8(20)10-4-6(18)5(17)3(2-16)24-7(4)19/h3-7,16-19H,2H2,1H3,(H,10,20)(H,11,21)/t3-,4-,5-,6-,7?/m1/s1. The molecule has 24 heavy (non-hydrogen) atoms. The highest BCUT2D eigenvalue weighted by Crippen LogP contribution is 2.19. The second-order valence-electron chi connectivity index (χ2n) is 4.62. The molecule has 0 aromatic rings. The Morgan fingerprint density at radius 3 is 2.25 bits per heavy atom. The predicted octanol–water partition coefficient (Wildman–Crippen LogP) is -3.28. The maximum Gasteiger partial charge on any atom is 0.360 e. The van der Waals surface area contributed by atoms with Crippen molar-refractivity contribution in [3.8, 4) is 0 Å². The van der Waals surface area contributed by atoms with Gasteiger partial charge >= 0.3 is 12.1 Å². The molecule has 1 saturated heterocycles. The molecular formula is C9H16N6O9. The lowest BCUT2D eigenvalue weighted by molar-refractivity contribution is -0.252. The van der Waals surface area contributed by atoms with Gasteiger partial charge in [-0.25, -0.2) is 15.0 Å². The van der Waals surface area contributed by atoms with Gasteiger partial charge in [0.15, 0.2) is 6.29 Å². The van der Waals surface area contributed by atoms with Crippen molar-refractivity contribution >= 4 is 12.1 Å². The van der Waals surface area contributed by atoms with Gasteiger partial charge in [0, 0.05) is 7.05 Å². The number of rotatable bonds is 4. The number of hydrazine groups is 1. The molecule has 5 atom stereocenters. The monoisotopic (exact) mass is 352 g/mol. The highest BCUT2D eigenvalue weighted by molar-refractivity contribution is 5.79. The number of nitrogens with one attached hydrogen (secondary N) is 2. The number of aliphatic hydroxyl groups excluding tert-OH is 4. The maximum absolute atomic E-state index is 11.8. The summed E-state index contributed by atoms with van der Waals surface area (Å²) in [5.74, 6) is 0. The van der Waals surface area contributed by atoms with Crippen LogP contribution in [0.1, 0.15) is 0 Å². The largest absolute Gasteiger partial charge is 0.394 e. The summed E-state index contributed by atoms with van der Waals surface area (Å²) < 4.78 is 4.78. The lowest BCUT2D eigenvalue weighted by Gasteiger charge is -2.40. The Balaban J connectivity index is 2.75. The quantitative estimate of drug-likeness (QED) is 0.220. The van der Waals surface area contributed by atoms with Gasteiger partial charge in [0.05, 0.1) is 17.2 Å². The summed E-state index contributed by atoms with van der Waals surface area (Å²) in [7, 11) is 0.928. The third kappa shape index (κ3) is 4.30. The summed E-state index contributed by atoms with van der Waals surface area (Å²) in [6.45, 7) is -0.709. The van der Waals surface area contributed by atoms with Gasteiger partial charge in [0.25, 0.3) is 0 Å². The first-order valence-corrected chi connectivity index (χ1v) is 6.38. The van der Waals surface area contributed by atoms with Crippen molar-refractivity contribution in [2.24, 2.45) is 10.6 Å². The number of aliphatic hydroxyl groups is 4. The Kier molecular flexibility index (Phi) is 6.86. The van der Waals surface area contributed by atoms with Crippen LogP contribution in [0.3, 0.4) is 0 Å². The molecule has 1 aliphatic rings. The topological polar surface area (TPSA) is 214 Å². The fourth-order valence-corrected chi connectivity index (χ4v) is 1.76. The molecule has 15 nitrogen and oxygen atoms in total. The smallest absolute Gasteiger partial charge is 0.360 e. The third-order valence-corrected chi connectivity index (χ3v) is 3.08. The zero-order valence-electron chi connectivity index (χ0n) is 12.2. The molecule has 0 aliphatic carbocycles. The van der Waals surface area contributed by atoms with Crippen molar-refractivity contribution in [3.63, 3.8) is 0 Å². The molecule has 0 spiro atoms. The van der Waals surface area contributed by atoms with Crippen molar-refractivity contribution in [3.05, 3.63) is 9.81 Å². The van der Waals surface area contributed by atoms with E-state index >= 15 is 0 Å². The first-order chi connectivity index (χ1) is 11.3. The summed E-state index contributed by atoms with van der Waals surface area (Å²) in [5, 5.41) is 44.4. The second kappa shape index (κ2) is 8.41. The lowest BCUT2D eigenvalue weighted by Crippen LogP contribution is -2.65. The van der Waals surface area contributed by atoms with E-state index in [1.807, 2.05) is 5.32 Å². The summed E-state index contributed by atoms with van der Waals surface area (Å²) in [6.07, 6.45) is -6.55. The molecule has 1 heterocycles. The third-order valence-electron chi connectivity index (χ3n) is 3.08. The van der Waals surface area contributed by atoms with Gasteiger partial charge in [-0.05, 0) is 0 Å². The molecule has 136 valence electrons. The number of hydrogen-bond donors (Lipinski definition) is 6. The SMILES string of the molecule is CN(N=O)C(=O)NN(N=O)C(=O)N[C@H]1C(O)O[C@H](CO)[C@@H](O)[C@@H]1O. The van der Waals surface area contributed by atoms with Gasteiger partial charge in [-0.3, -0.25) is 0 Å². The molecular weight excluding hydrogens is 336 g/mol. The number of nitroso groups, excluding NO2 is 2. The summed E-state index contributed by atoms with van der Waals surface area (Å²) in [4.78, 5) is 43.9. The number of carbonyl (C=O) groups excluding carboxylic acids is 2. The summed E-state index contributed by atoms with van der Waals surface area (Å²) in [5.41, 5.74) is 1.60. The molecule has 0 saturated carbocycles. The van der Waals surface area contributed by atoms with Crippen LogP contribution in [0.2, 0.25) is 0 Å². The summed E-state index contributed by atoms with van der Waals surface area (Å²) >= 11 is 0. The molecule has 0 aromatic heterocycles. The Hall–Kier alpha value is -2.46. The molecule has 6 N–H and O–H groups in total. The van der Waals surface area contributed by atoms with E-state index in [9.17, 15) is 34.7 Å². The molecule has 0 bridgehead atoms. The van der Waals surface area contributed by atoms with E-state index < -0.39 is 49.3 Å². The van der Waals surface area contributed by atoms with Crippen molar-refractivity contribution in [1.29, 1.82) is 0 Å². The molecule has 1 aliphatic heterocycles. The molecule has 15 heteroatoms. The highest BCUT2D eigenvalue weighted by atomic mass is 16.6. The molecule has 0 radical (unpaired) electrons. The van der Waals surface area contributed by atoms with Crippen LogP contribution in [-0.2, 0) is 4.74 Å². The van der Waals surface area contributed by atoms with E-state index in [0.29, 0.717) is 0 Å². The van der Waals surface area contributed by atoms with E-state index in [2.05, 4.69) is 10.6 Å². The van der Waals surface area contributed by atoms with Crippen LogP contribution in [0.4, 0.5) is 9.59 Å². The van der Waals surface area contributed by atoms with Crippen LogP contribution in [-0.4, -0.2) is 86.9 Å². The van der Waals surface area contributed by atoms with E-state index in [0.717, 1.165) is 7.05 Å². The van der Waals surface area contributed by atoms with Crippen molar-refractivity contribution in [1.82, 2.24) is 20.9 Å². The van der Waals surface area contributed by atoms with Gasteiger partial charge < -0.3 is 30.5 Å².